The minimum atomic E-state index is -0.460. The third-order valence-electron chi connectivity index (χ3n) is 1.64. The summed E-state index contributed by atoms with van der Waals surface area (Å²) in [5, 5.41) is 9.91. The molecule has 0 saturated carbocycles. The van der Waals surface area contributed by atoms with Gasteiger partial charge in [0, 0.05) is 12.7 Å². The monoisotopic (exact) mass is 157 g/mol. The van der Waals surface area contributed by atoms with E-state index in [1.807, 2.05) is 0 Å². The topological polar surface area (TPSA) is 52.4 Å². The van der Waals surface area contributed by atoms with Gasteiger partial charge in [0.05, 0.1) is 11.0 Å². The Morgan fingerprint density at radius 2 is 2.36 bits per heavy atom. The van der Waals surface area contributed by atoms with Crippen LogP contribution < -0.4 is 0 Å². The molecule has 0 aliphatic carbocycles. The van der Waals surface area contributed by atoms with Crippen molar-refractivity contribution in [2.24, 2.45) is 0 Å². The van der Waals surface area contributed by atoms with E-state index in [0.717, 1.165) is 32.1 Å². The lowest BCUT2D eigenvalue weighted by Gasteiger charge is -2.17. The Morgan fingerprint density at radius 1 is 1.55 bits per heavy atom. The Labute approximate surface area is 65.0 Å². The third kappa shape index (κ3) is 3.13. The fourth-order valence-corrected chi connectivity index (χ4v) is 1.08. The molecule has 0 N–H and O–H groups in total. The molecule has 4 heteroatoms. The van der Waals surface area contributed by atoms with Gasteiger partial charge in [0.1, 0.15) is 0 Å². The first kappa shape index (κ1) is 8.20. The summed E-state index contributed by atoms with van der Waals surface area (Å²) in [4.78, 5) is 9.44. The predicted octanol–water partition coefficient (Wildman–Crippen LogP) is 1.35. The lowest BCUT2D eigenvalue weighted by Crippen LogP contribution is -2.16. The lowest BCUT2D eigenvalue weighted by molar-refractivity contribution is -0.403. The third-order valence-corrected chi connectivity index (χ3v) is 1.64. The molecule has 0 aromatic carbocycles. The van der Waals surface area contributed by atoms with Crippen LogP contribution in [-0.2, 0) is 4.74 Å². The predicted molar refractivity (Wildman–Crippen MR) is 39.7 cm³/mol. The molecule has 1 rings (SSSR count). The van der Waals surface area contributed by atoms with Gasteiger partial charge in [-0.25, -0.2) is 0 Å². The van der Waals surface area contributed by atoms with Gasteiger partial charge in [0.2, 0.25) is 6.20 Å². The van der Waals surface area contributed by atoms with Gasteiger partial charge in [-0.1, -0.05) is 0 Å². The summed E-state index contributed by atoms with van der Waals surface area (Å²) in [5.74, 6) is 0. The van der Waals surface area contributed by atoms with Crippen molar-refractivity contribution in [1.29, 1.82) is 0 Å². The average Bonchev–Trinajstić information content (AvgIpc) is 2.03. The van der Waals surface area contributed by atoms with Crippen LogP contribution in [0, 0.1) is 10.1 Å². The zero-order valence-electron chi connectivity index (χ0n) is 6.23. The van der Waals surface area contributed by atoms with Gasteiger partial charge in [0.15, 0.2) is 0 Å². The summed E-state index contributed by atoms with van der Waals surface area (Å²) in [6, 6.07) is 0. The Kier molecular flexibility index (Phi) is 3.04. The second-order valence-electron chi connectivity index (χ2n) is 2.53. The zero-order valence-corrected chi connectivity index (χ0v) is 6.23. The molecule has 11 heavy (non-hydrogen) atoms. The lowest BCUT2D eigenvalue weighted by atomic mass is 10.1. The molecule has 1 saturated heterocycles. The van der Waals surface area contributed by atoms with Crippen LogP contribution >= 0.6 is 0 Å². The smallest absolute Gasteiger partial charge is 0.233 e. The Bertz CT molecular complexity index is 161. The maximum atomic E-state index is 9.91. The molecule has 1 atom stereocenters. The number of ether oxygens (including phenoxy) is 1. The van der Waals surface area contributed by atoms with Gasteiger partial charge >= 0.3 is 0 Å². The fraction of sp³-hybridized carbons (Fsp3) is 0.714. The van der Waals surface area contributed by atoms with Gasteiger partial charge in [-0.15, -0.1) is 0 Å². The molecular weight excluding hydrogens is 146 g/mol. The highest BCUT2D eigenvalue weighted by Crippen LogP contribution is 2.13. The second kappa shape index (κ2) is 4.08. The number of rotatable bonds is 2. The normalized spacial score (nSPS) is 25.6. The van der Waals surface area contributed by atoms with E-state index in [0.29, 0.717) is 0 Å². The van der Waals surface area contributed by atoms with Crippen molar-refractivity contribution < 1.29 is 9.66 Å². The van der Waals surface area contributed by atoms with Crippen LogP contribution in [0.5, 0.6) is 0 Å². The Morgan fingerprint density at radius 3 is 2.91 bits per heavy atom. The van der Waals surface area contributed by atoms with Crippen LogP contribution in [0.2, 0.25) is 0 Å². The van der Waals surface area contributed by atoms with Crippen molar-refractivity contribution in [3.63, 3.8) is 0 Å². The van der Waals surface area contributed by atoms with Crippen molar-refractivity contribution in [2.75, 3.05) is 6.61 Å². The largest absolute Gasteiger partial charge is 0.374 e. The van der Waals surface area contributed by atoms with Crippen molar-refractivity contribution >= 4 is 0 Å². The van der Waals surface area contributed by atoms with E-state index < -0.39 is 4.92 Å². The van der Waals surface area contributed by atoms with Crippen molar-refractivity contribution in [3.8, 4) is 0 Å². The van der Waals surface area contributed by atoms with Crippen LogP contribution in [-0.4, -0.2) is 17.6 Å². The molecular formula is C7H11NO3. The first-order chi connectivity index (χ1) is 5.29. The van der Waals surface area contributed by atoms with Gasteiger partial charge < -0.3 is 4.74 Å². The molecule has 0 spiro atoms. The second-order valence-corrected chi connectivity index (χ2v) is 2.53. The molecule has 62 valence electrons. The molecule has 0 radical (unpaired) electrons. The molecule has 0 amide bonds. The first-order valence-electron chi connectivity index (χ1n) is 3.72. The summed E-state index contributed by atoms with van der Waals surface area (Å²) >= 11 is 0. The van der Waals surface area contributed by atoms with Crippen LogP contribution in [0.1, 0.15) is 19.3 Å². The number of hydrogen-bond acceptors (Lipinski definition) is 3. The highest BCUT2D eigenvalue weighted by molar-refractivity contribution is 4.85. The summed E-state index contributed by atoms with van der Waals surface area (Å²) in [7, 11) is 0. The molecule has 0 unspecified atom stereocenters. The molecule has 1 heterocycles. The number of hydrogen-bond donors (Lipinski definition) is 0. The van der Waals surface area contributed by atoms with E-state index >= 15 is 0 Å². The van der Waals surface area contributed by atoms with E-state index in [2.05, 4.69) is 0 Å². The SMILES string of the molecule is O=[N+]([O-])/C=C/[C@H]1CCCCO1. The minimum Gasteiger partial charge on any atom is -0.374 e. The average molecular weight is 157 g/mol. The van der Waals surface area contributed by atoms with Crippen molar-refractivity contribution in [3.05, 3.63) is 22.4 Å². The molecule has 1 fully saturated rings. The standard InChI is InChI=1S/C7H11NO3/c9-8(10)5-4-7-3-1-2-6-11-7/h4-5,7H,1-3,6H2/b5-4+/t7-/m1/s1. The molecule has 0 aromatic rings. The maximum absolute atomic E-state index is 9.91. The quantitative estimate of drug-likeness (QED) is 0.449. The van der Waals surface area contributed by atoms with E-state index in [9.17, 15) is 10.1 Å². The number of nitro groups is 1. The van der Waals surface area contributed by atoms with Gasteiger partial charge in [-0.05, 0) is 19.3 Å². The van der Waals surface area contributed by atoms with Gasteiger partial charge in [-0.2, -0.15) is 0 Å². The Hall–Kier alpha value is -0.900. The first-order valence-corrected chi connectivity index (χ1v) is 3.72. The highest BCUT2D eigenvalue weighted by atomic mass is 16.6. The summed E-state index contributed by atoms with van der Waals surface area (Å²) in [6.45, 7) is 0.729. The minimum absolute atomic E-state index is 0.0332. The van der Waals surface area contributed by atoms with E-state index in [1.54, 1.807) is 0 Å². The van der Waals surface area contributed by atoms with Crippen LogP contribution in [0.25, 0.3) is 0 Å². The zero-order chi connectivity index (χ0) is 8.10. The number of nitrogens with zero attached hydrogens (tertiary/aromatic N) is 1. The summed E-state index contributed by atoms with van der Waals surface area (Å²) < 4.78 is 5.24. The molecule has 1 aliphatic heterocycles. The molecule has 0 bridgehead atoms. The maximum Gasteiger partial charge on any atom is 0.233 e. The van der Waals surface area contributed by atoms with E-state index in [1.165, 1.54) is 6.08 Å². The van der Waals surface area contributed by atoms with Crippen LogP contribution in [0.3, 0.4) is 0 Å². The highest BCUT2D eigenvalue weighted by Gasteiger charge is 2.10. The summed E-state index contributed by atoms with van der Waals surface area (Å²) in [6.07, 6.45) is 5.52. The van der Waals surface area contributed by atoms with Crippen molar-refractivity contribution in [2.45, 2.75) is 25.4 Å². The Balaban J connectivity index is 2.29. The summed E-state index contributed by atoms with van der Waals surface area (Å²) in [5.41, 5.74) is 0. The van der Waals surface area contributed by atoms with Gasteiger partial charge in [0.25, 0.3) is 0 Å². The fourth-order valence-electron chi connectivity index (χ4n) is 1.08. The van der Waals surface area contributed by atoms with Gasteiger partial charge in [-0.3, -0.25) is 10.1 Å². The van der Waals surface area contributed by atoms with Crippen LogP contribution in [0.4, 0.5) is 0 Å². The van der Waals surface area contributed by atoms with Crippen LogP contribution in [0.15, 0.2) is 12.3 Å². The molecule has 1 aliphatic rings. The molecule has 4 nitrogen and oxygen atoms in total. The van der Waals surface area contributed by atoms with E-state index in [-0.39, 0.29) is 6.10 Å². The van der Waals surface area contributed by atoms with E-state index in [4.69, 9.17) is 4.74 Å². The molecule has 0 aromatic heterocycles. The van der Waals surface area contributed by atoms with Crippen molar-refractivity contribution in [1.82, 2.24) is 0 Å².